The van der Waals surface area contributed by atoms with Gasteiger partial charge in [-0.05, 0) is 61.4 Å². The van der Waals surface area contributed by atoms with Gasteiger partial charge in [0, 0.05) is 24.0 Å². The first-order chi connectivity index (χ1) is 17.0. The van der Waals surface area contributed by atoms with E-state index >= 15 is 0 Å². The third kappa shape index (κ3) is 4.21. The van der Waals surface area contributed by atoms with Gasteiger partial charge in [0.05, 0.1) is 38.7 Å². The van der Waals surface area contributed by atoms with E-state index in [-0.39, 0.29) is 5.91 Å². The molecule has 0 unspecified atom stereocenters. The first-order valence-electron chi connectivity index (χ1n) is 11.5. The lowest BCUT2D eigenvalue weighted by molar-refractivity contribution is -0.126. The number of methoxy groups -OCH3 is 2. The molecular formula is C28H28N4O3. The SMILES string of the molecule is COc1ccc(/C=C/C(=O)N2Cc3nn(-c4ccc(C)cc4C)c(-n4cccc4)c3C2)cc1OC. The Kier molecular flexibility index (Phi) is 5.91. The van der Waals surface area contributed by atoms with Crippen molar-refractivity contribution in [3.05, 3.63) is 94.9 Å². The number of fused-ring (bicyclic) bond motifs is 1. The van der Waals surface area contributed by atoms with E-state index in [1.807, 2.05) is 52.3 Å². The lowest BCUT2D eigenvalue weighted by Gasteiger charge is -2.17. The second-order valence-electron chi connectivity index (χ2n) is 8.68. The molecule has 4 aromatic rings. The number of ether oxygens (including phenoxy) is 2. The fourth-order valence-corrected chi connectivity index (χ4v) is 4.54. The molecule has 0 bridgehead atoms. The van der Waals surface area contributed by atoms with Gasteiger partial charge in [-0.25, -0.2) is 4.68 Å². The van der Waals surface area contributed by atoms with Gasteiger partial charge in [0.15, 0.2) is 11.5 Å². The molecule has 2 aromatic heterocycles. The van der Waals surface area contributed by atoms with Crippen LogP contribution in [0.25, 0.3) is 17.6 Å². The minimum Gasteiger partial charge on any atom is -0.493 e. The largest absolute Gasteiger partial charge is 0.493 e. The second kappa shape index (κ2) is 9.18. The van der Waals surface area contributed by atoms with Crippen molar-refractivity contribution in [1.82, 2.24) is 19.2 Å². The molecule has 7 nitrogen and oxygen atoms in total. The summed E-state index contributed by atoms with van der Waals surface area (Å²) in [6.45, 7) is 5.16. The second-order valence-corrected chi connectivity index (χ2v) is 8.68. The van der Waals surface area contributed by atoms with E-state index in [9.17, 15) is 4.79 Å². The number of aromatic nitrogens is 3. The van der Waals surface area contributed by atoms with Crippen molar-refractivity contribution in [3.8, 4) is 23.0 Å². The molecular weight excluding hydrogens is 440 g/mol. The van der Waals surface area contributed by atoms with Crippen molar-refractivity contribution >= 4 is 12.0 Å². The van der Waals surface area contributed by atoms with E-state index in [0.717, 1.165) is 33.9 Å². The monoisotopic (exact) mass is 468 g/mol. The quantitative estimate of drug-likeness (QED) is 0.380. The smallest absolute Gasteiger partial charge is 0.247 e. The Balaban J connectivity index is 1.42. The zero-order chi connectivity index (χ0) is 24.5. The maximum atomic E-state index is 13.0. The Morgan fingerprint density at radius 3 is 2.46 bits per heavy atom. The van der Waals surface area contributed by atoms with Crippen LogP contribution in [-0.2, 0) is 17.9 Å². The van der Waals surface area contributed by atoms with E-state index in [4.69, 9.17) is 14.6 Å². The van der Waals surface area contributed by atoms with Gasteiger partial charge in [0.2, 0.25) is 5.91 Å². The molecule has 1 aliphatic rings. The highest BCUT2D eigenvalue weighted by molar-refractivity contribution is 5.92. The van der Waals surface area contributed by atoms with Crippen LogP contribution >= 0.6 is 0 Å². The van der Waals surface area contributed by atoms with Crippen molar-refractivity contribution in [1.29, 1.82) is 0 Å². The molecule has 2 aromatic carbocycles. The van der Waals surface area contributed by atoms with Crippen molar-refractivity contribution < 1.29 is 14.3 Å². The Labute approximate surface area is 204 Å². The fraction of sp³-hybridized carbons (Fsp3) is 0.214. The van der Waals surface area contributed by atoms with Crippen molar-refractivity contribution in [2.24, 2.45) is 0 Å². The summed E-state index contributed by atoms with van der Waals surface area (Å²) in [4.78, 5) is 14.9. The van der Waals surface area contributed by atoms with Crippen LogP contribution in [-0.4, -0.2) is 39.4 Å². The van der Waals surface area contributed by atoms with E-state index in [1.165, 1.54) is 5.56 Å². The highest BCUT2D eigenvalue weighted by atomic mass is 16.5. The molecule has 0 fully saturated rings. The van der Waals surface area contributed by atoms with E-state index in [1.54, 1.807) is 26.4 Å². The average Bonchev–Trinajstić information content (AvgIpc) is 3.59. The summed E-state index contributed by atoms with van der Waals surface area (Å²) in [5.74, 6) is 2.19. The molecule has 0 spiro atoms. The van der Waals surface area contributed by atoms with Gasteiger partial charge in [0.1, 0.15) is 5.82 Å². The number of aryl methyl sites for hydroxylation is 2. The number of carbonyl (C=O) groups is 1. The first-order valence-corrected chi connectivity index (χ1v) is 11.5. The summed E-state index contributed by atoms with van der Waals surface area (Å²) in [7, 11) is 3.19. The molecule has 0 saturated carbocycles. The number of rotatable bonds is 6. The summed E-state index contributed by atoms with van der Waals surface area (Å²) in [6.07, 6.45) is 7.42. The summed E-state index contributed by atoms with van der Waals surface area (Å²) in [6, 6.07) is 15.9. The van der Waals surface area contributed by atoms with Gasteiger partial charge in [0.25, 0.3) is 0 Å². The van der Waals surface area contributed by atoms with Crippen LogP contribution in [0.1, 0.15) is 27.9 Å². The van der Waals surface area contributed by atoms with Crippen LogP contribution in [0.15, 0.2) is 67.0 Å². The van der Waals surface area contributed by atoms with Crippen LogP contribution in [0.2, 0.25) is 0 Å². The molecule has 3 heterocycles. The Morgan fingerprint density at radius 1 is 0.971 bits per heavy atom. The Morgan fingerprint density at radius 2 is 1.74 bits per heavy atom. The van der Waals surface area contributed by atoms with E-state index in [0.29, 0.717) is 24.6 Å². The molecule has 0 aliphatic carbocycles. The van der Waals surface area contributed by atoms with E-state index < -0.39 is 0 Å². The lowest BCUT2D eigenvalue weighted by atomic mass is 10.1. The predicted octanol–water partition coefficient (Wildman–Crippen LogP) is 4.85. The number of benzene rings is 2. The topological polar surface area (TPSA) is 61.5 Å². The molecule has 5 rings (SSSR count). The van der Waals surface area contributed by atoms with Crippen molar-refractivity contribution in [2.75, 3.05) is 14.2 Å². The van der Waals surface area contributed by atoms with Gasteiger partial charge < -0.3 is 18.9 Å². The van der Waals surface area contributed by atoms with Gasteiger partial charge in [-0.1, -0.05) is 23.8 Å². The number of amides is 1. The van der Waals surface area contributed by atoms with Crippen LogP contribution in [0.4, 0.5) is 0 Å². The van der Waals surface area contributed by atoms with Crippen LogP contribution in [0.5, 0.6) is 11.5 Å². The third-order valence-electron chi connectivity index (χ3n) is 6.30. The van der Waals surface area contributed by atoms with Crippen LogP contribution in [0.3, 0.4) is 0 Å². The van der Waals surface area contributed by atoms with Crippen molar-refractivity contribution in [3.63, 3.8) is 0 Å². The first kappa shape index (κ1) is 22.5. The van der Waals surface area contributed by atoms with Gasteiger partial charge in [-0.15, -0.1) is 0 Å². The van der Waals surface area contributed by atoms with Gasteiger partial charge in [-0.2, -0.15) is 5.10 Å². The number of carbonyl (C=O) groups excluding carboxylic acids is 1. The molecule has 0 radical (unpaired) electrons. The summed E-state index contributed by atoms with van der Waals surface area (Å²) >= 11 is 0. The molecule has 0 saturated heterocycles. The standard InChI is InChI=1S/C28H28N4O3/c1-19-7-10-24(20(2)15-19)32-28(30-13-5-6-14-30)22-17-31(18-23(22)29-32)27(33)12-9-21-8-11-25(34-3)26(16-21)35-4/h5-16H,17-18H2,1-4H3/b12-9+. The Bertz CT molecular complexity index is 1420. The highest BCUT2D eigenvalue weighted by Gasteiger charge is 2.31. The number of nitrogens with zero attached hydrogens (tertiary/aromatic N) is 4. The number of hydrogen-bond donors (Lipinski definition) is 0. The van der Waals surface area contributed by atoms with Crippen molar-refractivity contribution in [2.45, 2.75) is 26.9 Å². The minimum absolute atomic E-state index is 0.0608. The normalized spacial score (nSPS) is 12.9. The minimum atomic E-state index is -0.0608. The van der Waals surface area contributed by atoms with Gasteiger partial charge in [-0.3, -0.25) is 4.79 Å². The molecule has 0 atom stereocenters. The zero-order valence-electron chi connectivity index (χ0n) is 20.4. The summed E-state index contributed by atoms with van der Waals surface area (Å²) < 4.78 is 14.7. The molecule has 0 N–H and O–H groups in total. The van der Waals surface area contributed by atoms with Gasteiger partial charge >= 0.3 is 0 Å². The summed E-state index contributed by atoms with van der Waals surface area (Å²) in [5, 5.41) is 4.95. The van der Waals surface area contributed by atoms with Crippen LogP contribution < -0.4 is 9.47 Å². The average molecular weight is 469 g/mol. The molecule has 1 aliphatic heterocycles. The maximum absolute atomic E-state index is 13.0. The maximum Gasteiger partial charge on any atom is 0.247 e. The highest BCUT2D eigenvalue weighted by Crippen LogP contribution is 2.32. The van der Waals surface area contributed by atoms with E-state index in [2.05, 4.69) is 36.6 Å². The third-order valence-corrected chi connectivity index (χ3v) is 6.30. The Hall–Kier alpha value is -4.26. The number of hydrogen-bond acceptors (Lipinski definition) is 4. The lowest BCUT2D eigenvalue weighted by Crippen LogP contribution is -2.24. The van der Waals surface area contributed by atoms with Crippen LogP contribution in [0, 0.1) is 13.8 Å². The molecule has 35 heavy (non-hydrogen) atoms. The summed E-state index contributed by atoms with van der Waals surface area (Å²) in [5.41, 5.74) is 6.26. The predicted molar refractivity (Wildman–Crippen MR) is 135 cm³/mol. The fourth-order valence-electron chi connectivity index (χ4n) is 4.54. The zero-order valence-corrected chi connectivity index (χ0v) is 20.4. The molecule has 178 valence electrons. The molecule has 1 amide bonds. The molecule has 7 heteroatoms.